The van der Waals surface area contributed by atoms with Gasteiger partial charge in [0.2, 0.25) is 5.91 Å². The zero-order chi connectivity index (χ0) is 22.5. The maximum absolute atomic E-state index is 12.9. The van der Waals surface area contributed by atoms with Crippen LogP contribution in [0, 0.1) is 11.3 Å². The first kappa shape index (κ1) is 24.6. The predicted octanol–water partition coefficient (Wildman–Crippen LogP) is 5.34. The molecule has 0 saturated carbocycles. The summed E-state index contributed by atoms with van der Waals surface area (Å²) < 4.78 is 0. The first-order valence-corrected chi connectivity index (χ1v) is 11.8. The van der Waals surface area contributed by atoms with Crippen molar-refractivity contribution in [3.05, 3.63) is 30.0 Å². The minimum Gasteiger partial charge on any atom is -0.355 e. The zero-order valence-electron chi connectivity index (χ0n) is 19.4. The Morgan fingerprint density at radius 1 is 0.968 bits per heavy atom. The van der Waals surface area contributed by atoms with Crippen molar-refractivity contribution in [1.29, 1.82) is 5.26 Å². The summed E-state index contributed by atoms with van der Waals surface area (Å²) >= 11 is 0. The Morgan fingerprint density at radius 2 is 1.58 bits per heavy atom. The summed E-state index contributed by atoms with van der Waals surface area (Å²) in [6.45, 7) is 8.75. The molecule has 1 aromatic carbocycles. The molecule has 2 aromatic rings. The lowest BCUT2D eigenvalue weighted by Crippen LogP contribution is -2.33. The molecule has 31 heavy (non-hydrogen) atoms. The van der Waals surface area contributed by atoms with Gasteiger partial charge in [-0.25, -0.2) is 9.97 Å². The van der Waals surface area contributed by atoms with Gasteiger partial charge in [-0.15, -0.1) is 0 Å². The van der Waals surface area contributed by atoms with Crippen molar-refractivity contribution < 1.29 is 4.79 Å². The molecule has 1 aromatic heterocycles. The second-order valence-electron chi connectivity index (χ2n) is 8.03. The maximum Gasteiger partial charge on any atom is 0.243 e. The molecule has 1 unspecified atom stereocenters. The van der Waals surface area contributed by atoms with Crippen molar-refractivity contribution in [2.24, 2.45) is 0 Å². The van der Waals surface area contributed by atoms with Crippen LogP contribution in [-0.4, -0.2) is 35.5 Å². The second kappa shape index (κ2) is 13.6. The van der Waals surface area contributed by atoms with E-state index in [1.807, 2.05) is 24.3 Å². The van der Waals surface area contributed by atoms with Gasteiger partial charge in [-0.3, -0.25) is 4.79 Å². The van der Waals surface area contributed by atoms with Crippen LogP contribution in [0.4, 0.5) is 5.82 Å². The number of carbonyl (C=O) groups excluding carboxylic acids is 1. The van der Waals surface area contributed by atoms with Gasteiger partial charge < -0.3 is 10.2 Å². The molecule has 0 fully saturated rings. The molecule has 6 nitrogen and oxygen atoms in total. The third-order valence-corrected chi connectivity index (χ3v) is 5.44. The largest absolute Gasteiger partial charge is 0.355 e. The number of nitrogens with one attached hydrogen (secondary N) is 1. The number of nitrogens with zero attached hydrogens (tertiary/aromatic N) is 4. The highest BCUT2D eigenvalue weighted by molar-refractivity contribution is 5.88. The SMILES string of the molecule is CCCCCCNC(=O)C(C#N)c1nc2ccccc2nc1N(CCCC)CCCC. The fourth-order valence-electron chi connectivity index (χ4n) is 3.56. The van der Waals surface area contributed by atoms with Crippen LogP contribution in [0.3, 0.4) is 0 Å². The summed E-state index contributed by atoms with van der Waals surface area (Å²) in [5.74, 6) is -0.576. The summed E-state index contributed by atoms with van der Waals surface area (Å²) in [7, 11) is 0. The summed E-state index contributed by atoms with van der Waals surface area (Å²) in [5.41, 5.74) is 1.97. The van der Waals surface area contributed by atoms with Crippen LogP contribution in [0.15, 0.2) is 24.3 Å². The van der Waals surface area contributed by atoms with E-state index >= 15 is 0 Å². The van der Waals surface area contributed by atoms with Gasteiger partial charge in [0.15, 0.2) is 11.7 Å². The Balaban J connectivity index is 2.38. The van der Waals surface area contributed by atoms with Crippen LogP contribution in [-0.2, 0) is 4.79 Å². The Morgan fingerprint density at radius 3 is 2.16 bits per heavy atom. The Bertz CT molecular complexity index is 853. The summed E-state index contributed by atoms with van der Waals surface area (Å²) in [4.78, 5) is 24.8. The van der Waals surface area contributed by atoms with Gasteiger partial charge in [0.05, 0.1) is 17.1 Å². The quantitative estimate of drug-likeness (QED) is 0.415. The number of para-hydroxylation sites is 2. The number of anilines is 1. The summed E-state index contributed by atoms with van der Waals surface area (Å²) in [6.07, 6.45) is 8.50. The standard InChI is InChI=1S/C25H37N5O/c1-4-7-10-13-16-27-25(31)20(19-26)23-24(30(17-8-5-2)18-9-6-3)29-22-15-12-11-14-21(22)28-23/h11-12,14-15,20H,4-10,13,16-18H2,1-3H3,(H,27,31). The first-order chi connectivity index (χ1) is 15.2. The van der Waals surface area contributed by atoms with Gasteiger partial charge in [-0.05, 0) is 31.4 Å². The predicted molar refractivity (Wildman–Crippen MR) is 127 cm³/mol. The lowest BCUT2D eigenvalue weighted by atomic mass is 10.0. The van der Waals surface area contributed by atoms with E-state index in [1.54, 1.807) is 0 Å². The number of fused-ring (bicyclic) bond motifs is 1. The number of rotatable bonds is 14. The van der Waals surface area contributed by atoms with Gasteiger partial charge in [-0.1, -0.05) is 65.0 Å². The van der Waals surface area contributed by atoms with E-state index in [4.69, 9.17) is 9.97 Å². The summed E-state index contributed by atoms with van der Waals surface area (Å²) in [5, 5.41) is 12.9. The van der Waals surface area contributed by atoms with Gasteiger partial charge in [0.25, 0.3) is 0 Å². The molecule has 0 spiro atoms. The normalized spacial score (nSPS) is 11.8. The lowest BCUT2D eigenvalue weighted by molar-refractivity contribution is -0.121. The number of hydrogen-bond donors (Lipinski definition) is 1. The van der Waals surface area contributed by atoms with Crippen LogP contribution in [0.25, 0.3) is 11.0 Å². The number of amides is 1. The van der Waals surface area contributed by atoms with Crippen LogP contribution >= 0.6 is 0 Å². The lowest BCUT2D eigenvalue weighted by Gasteiger charge is -2.26. The van der Waals surface area contributed by atoms with E-state index in [-0.39, 0.29) is 5.91 Å². The van der Waals surface area contributed by atoms with Crippen molar-refractivity contribution >= 4 is 22.8 Å². The Hall–Kier alpha value is -2.68. The summed E-state index contributed by atoms with van der Waals surface area (Å²) in [6, 6.07) is 9.86. The Kier molecular flexibility index (Phi) is 10.8. The molecule has 1 atom stereocenters. The smallest absolute Gasteiger partial charge is 0.243 e. The number of nitriles is 1. The highest BCUT2D eigenvalue weighted by Gasteiger charge is 2.28. The number of hydrogen-bond acceptors (Lipinski definition) is 5. The molecule has 168 valence electrons. The minimum atomic E-state index is -0.968. The molecule has 1 heterocycles. The van der Waals surface area contributed by atoms with Gasteiger partial charge in [0, 0.05) is 19.6 Å². The molecule has 1 N–H and O–H groups in total. The molecule has 0 aliphatic carbocycles. The molecule has 0 aliphatic rings. The van der Waals surface area contributed by atoms with E-state index in [2.05, 4.69) is 37.1 Å². The molecule has 6 heteroatoms. The molecule has 0 bridgehead atoms. The second-order valence-corrected chi connectivity index (χ2v) is 8.03. The third kappa shape index (κ3) is 7.20. The van der Waals surface area contributed by atoms with Crippen molar-refractivity contribution in [3.63, 3.8) is 0 Å². The van der Waals surface area contributed by atoms with Crippen LogP contribution in [0.2, 0.25) is 0 Å². The molecule has 1 amide bonds. The molecule has 0 saturated heterocycles. The topological polar surface area (TPSA) is 81.9 Å². The average Bonchev–Trinajstić information content (AvgIpc) is 2.79. The van der Waals surface area contributed by atoms with E-state index < -0.39 is 5.92 Å². The van der Waals surface area contributed by atoms with E-state index in [0.29, 0.717) is 23.6 Å². The van der Waals surface area contributed by atoms with Gasteiger partial charge in [-0.2, -0.15) is 5.26 Å². The highest BCUT2D eigenvalue weighted by Crippen LogP contribution is 2.28. The minimum absolute atomic E-state index is 0.282. The highest BCUT2D eigenvalue weighted by atomic mass is 16.1. The van der Waals surface area contributed by atoms with E-state index in [1.165, 1.54) is 0 Å². The van der Waals surface area contributed by atoms with Crippen LogP contribution in [0.1, 0.15) is 83.7 Å². The first-order valence-electron chi connectivity index (χ1n) is 11.8. The van der Waals surface area contributed by atoms with E-state index in [9.17, 15) is 10.1 Å². The molecular weight excluding hydrogens is 386 g/mol. The van der Waals surface area contributed by atoms with Gasteiger partial charge >= 0.3 is 0 Å². The van der Waals surface area contributed by atoms with Crippen LogP contribution < -0.4 is 10.2 Å². The van der Waals surface area contributed by atoms with Crippen LogP contribution in [0.5, 0.6) is 0 Å². The average molecular weight is 424 g/mol. The fourth-order valence-corrected chi connectivity index (χ4v) is 3.56. The zero-order valence-corrected chi connectivity index (χ0v) is 19.4. The Labute approximate surface area is 187 Å². The fraction of sp³-hybridized carbons (Fsp3) is 0.600. The van der Waals surface area contributed by atoms with Crippen molar-refractivity contribution in [1.82, 2.24) is 15.3 Å². The number of aromatic nitrogens is 2. The monoisotopic (exact) mass is 423 g/mol. The van der Waals surface area contributed by atoms with Crippen molar-refractivity contribution in [3.8, 4) is 6.07 Å². The number of unbranched alkanes of at least 4 members (excludes halogenated alkanes) is 5. The number of carbonyl (C=O) groups is 1. The maximum atomic E-state index is 12.9. The van der Waals surface area contributed by atoms with Crippen molar-refractivity contribution in [2.75, 3.05) is 24.5 Å². The van der Waals surface area contributed by atoms with Gasteiger partial charge in [0.1, 0.15) is 5.69 Å². The third-order valence-electron chi connectivity index (χ3n) is 5.44. The molecule has 0 radical (unpaired) electrons. The number of benzene rings is 1. The van der Waals surface area contributed by atoms with E-state index in [0.717, 1.165) is 70.0 Å². The van der Waals surface area contributed by atoms with Crippen molar-refractivity contribution in [2.45, 2.75) is 78.1 Å². The molecule has 2 rings (SSSR count). The molecule has 0 aliphatic heterocycles. The molecular formula is C25H37N5O.